The van der Waals surface area contributed by atoms with Gasteiger partial charge in [0.2, 0.25) is 10.0 Å². The molecule has 1 aromatic rings. The highest BCUT2D eigenvalue weighted by Crippen LogP contribution is 2.29. The van der Waals surface area contributed by atoms with Crippen molar-refractivity contribution in [1.29, 1.82) is 0 Å². The second kappa shape index (κ2) is 4.44. The predicted molar refractivity (Wildman–Crippen MR) is 64.8 cm³/mol. The Morgan fingerprint density at radius 3 is 2.94 bits per heavy atom. The highest BCUT2D eigenvalue weighted by molar-refractivity contribution is 7.89. The molecule has 0 aliphatic carbocycles. The maximum Gasteiger partial charge on any atom is 0.244 e. The largest absolute Gasteiger partial charge is 0.326 e. The van der Waals surface area contributed by atoms with Crippen molar-refractivity contribution in [1.82, 2.24) is 4.31 Å². The van der Waals surface area contributed by atoms with E-state index in [0.29, 0.717) is 11.4 Å². The topological polar surface area (TPSA) is 63.4 Å². The molecule has 6 heteroatoms. The van der Waals surface area contributed by atoms with Crippen molar-refractivity contribution in [3.05, 3.63) is 16.3 Å². The Morgan fingerprint density at radius 2 is 2.38 bits per heavy atom. The lowest BCUT2D eigenvalue weighted by molar-refractivity contribution is 0.408. The summed E-state index contributed by atoms with van der Waals surface area (Å²) in [6.07, 6.45) is 1.89. The third-order valence-electron chi connectivity index (χ3n) is 2.97. The van der Waals surface area contributed by atoms with Crippen LogP contribution in [0.15, 0.2) is 16.3 Å². The van der Waals surface area contributed by atoms with E-state index >= 15 is 0 Å². The van der Waals surface area contributed by atoms with Crippen LogP contribution in [0, 0.1) is 0 Å². The van der Waals surface area contributed by atoms with E-state index in [9.17, 15) is 8.42 Å². The Kier molecular flexibility index (Phi) is 3.34. The Morgan fingerprint density at radius 1 is 1.62 bits per heavy atom. The minimum absolute atomic E-state index is 0.107. The van der Waals surface area contributed by atoms with Crippen molar-refractivity contribution in [2.45, 2.75) is 37.2 Å². The second-order valence-corrected chi connectivity index (χ2v) is 6.88. The standard InChI is InChI=1S/C10H16N2O2S2/c1-8-3-2-5-12(8)16(13,14)10-4-6-15-9(10)7-11/h4,6,8H,2-3,5,7,11H2,1H3. The van der Waals surface area contributed by atoms with Crippen LogP contribution in [0.1, 0.15) is 24.6 Å². The van der Waals surface area contributed by atoms with Gasteiger partial charge in [-0.3, -0.25) is 0 Å². The summed E-state index contributed by atoms with van der Waals surface area (Å²) >= 11 is 1.41. The van der Waals surface area contributed by atoms with Crippen LogP contribution in [0.4, 0.5) is 0 Å². The molecule has 16 heavy (non-hydrogen) atoms. The SMILES string of the molecule is CC1CCCN1S(=O)(=O)c1ccsc1CN. The fourth-order valence-corrected chi connectivity index (χ4v) is 5.11. The molecule has 0 saturated carbocycles. The molecule has 1 aliphatic heterocycles. The first-order valence-corrected chi connectivity index (χ1v) is 7.67. The average molecular weight is 260 g/mol. The van der Waals surface area contributed by atoms with Gasteiger partial charge in [-0.05, 0) is 31.2 Å². The van der Waals surface area contributed by atoms with Crippen molar-refractivity contribution in [2.24, 2.45) is 5.73 Å². The van der Waals surface area contributed by atoms with Gasteiger partial charge >= 0.3 is 0 Å². The Hall–Kier alpha value is -0.430. The first kappa shape index (κ1) is 12.0. The molecule has 0 spiro atoms. The summed E-state index contributed by atoms with van der Waals surface area (Å²) in [5, 5.41) is 1.79. The van der Waals surface area contributed by atoms with Gasteiger partial charge in [0.05, 0.1) is 4.90 Å². The Balaban J connectivity index is 2.39. The van der Waals surface area contributed by atoms with Crippen LogP contribution >= 0.6 is 11.3 Å². The molecule has 0 bridgehead atoms. The quantitative estimate of drug-likeness (QED) is 0.893. The molecule has 2 rings (SSSR count). The van der Waals surface area contributed by atoms with E-state index in [4.69, 9.17) is 5.73 Å². The third-order valence-corrected chi connectivity index (χ3v) is 6.14. The van der Waals surface area contributed by atoms with Crippen LogP contribution in [-0.2, 0) is 16.6 Å². The molecule has 2 N–H and O–H groups in total. The van der Waals surface area contributed by atoms with Crippen molar-refractivity contribution in [2.75, 3.05) is 6.54 Å². The fraction of sp³-hybridized carbons (Fsp3) is 0.600. The summed E-state index contributed by atoms with van der Waals surface area (Å²) in [6.45, 7) is 2.87. The van der Waals surface area contributed by atoms with Gasteiger partial charge in [-0.1, -0.05) is 0 Å². The molecule has 1 atom stereocenters. The molecule has 1 aromatic heterocycles. The van der Waals surface area contributed by atoms with E-state index in [1.807, 2.05) is 6.92 Å². The van der Waals surface area contributed by atoms with Crippen LogP contribution < -0.4 is 5.73 Å². The summed E-state index contributed by atoms with van der Waals surface area (Å²) in [4.78, 5) is 1.15. The van der Waals surface area contributed by atoms with E-state index in [1.165, 1.54) is 11.3 Å². The predicted octanol–water partition coefficient (Wildman–Crippen LogP) is 1.38. The van der Waals surface area contributed by atoms with Gasteiger partial charge in [-0.2, -0.15) is 4.31 Å². The Bertz CT molecular complexity index is 467. The lowest BCUT2D eigenvalue weighted by atomic mass is 10.3. The van der Waals surface area contributed by atoms with Crippen LogP contribution in [-0.4, -0.2) is 25.3 Å². The van der Waals surface area contributed by atoms with Crippen LogP contribution in [0.3, 0.4) is 0 Å². The lowest BCUT2D eigenvalue weighted by Crippen LogP contribution is -2.34. The number of rotatable bonds is 3. The molecule has 90 valence electrons. The summed E-state index contributed by atoms with van der Waals surface area (Å²) in [7, 11) is -3.32. The number of thiophene rings is 1. The van der Waals surface area contributed by atoms with Crippen molar-refractivity contribution >= 4 is 21.4 Å². The van der Waals surface area contributed by atoms with Gasteiger partial charge < -0.3 is 5.73 Å². The molecule has 2 heterocycles. The molecule has 1 saturated heterocycles. The smallest absolute Gasteiger partial charge is 0.244 e. The lowest BCUT2D eigenvalue weighted by Gasteiger charge is -2.20. The molecular formula is C10H16N2O2S2. The molecule has 4 nitrogen and oxygen atoms in total. The van der Waals surface area contributed by atoms with Crippen molar-refractivity contribution in [3.63, 3.8) is 0 Å². The normalized spacial score (nSPS) is 22.8. The van der Waals surface area contributed by atoms with Crippen molar-refractivity contribution in [3.8, 4) is 0 Å². The van der Waals surface area contributed by atoms with E-state index in [0.717, 1.165) is 17.7 Å². The van der Waals surface area contributed by atoms with Crippen LogP contribution in [0.5, 0.6) is 0 Å². The molecule has 0 radical (unpaired) electrons. The zero-order valence-electron chi connectivity index (χ0n) is 9.22. The highest BCUT2D eigenvalue weighted by Gasteiger charge is 2.34. The highest BCUT2D eigenvalue weighted by atomic mass is 32.2. The van der Waals surface area contributed by atoms with Gasteiger partial charge in [-0.15, -0.1) is 11.3 Å². The monoisotopic (exact) mass is 260 g/mol. The summed E-state index contributed by atoms with van der Waals surface area (Å²) in [6, 6.07) is 1.77. The third kappa shape index (κ3) is 1.90. The number of nitrogens with zero attached hydrogens (tertiary/aromatic N) is 1. The van der Waals surface area contributed by atoms with E-state index in [-0.39, 0.29) is 12.6 Å². The number of sulfonamides is 1. The minimum atomic E-state index is -3.32. The first-order chi connectivity index (χ1) is 7.57. The van der Waals surface area contributed by atoms with Crippen LogP contribution in [0.25, 0.3) is 0 Å². The average Bonchev–Trinajstić information content (AvgIpc) is 2.85. The van der Waals surface area contributed by atoms with Gasteiger partial charge in [0, 0.05) is 24.0 Å². The number of hydrogen-bond acceptors (Lipinski definition) is 4. The molecule has 0 aromatic carbocycles. The van der Waals surface area contributed by atoms with E-state index in [1.54, 1.807) is 15.8 Å². The van der Waals surface area contributed by atoms with E-state index < -0.39 is 10.0 Å². The minimum Gasteiger partial charge on any atom is -0.326 e. The number of hydrogen-bond donors (Lipinski definition) is 1. The molecular weight excluding hydrogens is 244 g/mol. The fourth-order valence-electron chi connectivity index (χ4n) is 2.10. The van der Waals surface area contributed by atoms with Gasteiger partial charge in [-0.25, -0.2) is 8.42 Å². The zero-order valence-corrected chi connectivity index (χ0v) is 10.9. The number of nitrogens with two attached hydrogens (primary N) is 1. The summed E-state index contributed by atoms with van der Waals surface area (Å²) in [5.41, 5.74) is 5.55. The maximum absolute atomic E-state index is 12.4. The summed E-state index contributed by atoms with van der Waals surface area (Å²) in [5.74, 6) is 0. The van der Waals surface area contributed by atoms with E-state index in [2.05, 4.69) is 0 Å². The summed E-state index contributed by atoms with van der Waals surface area (Å²) < 4.78 is 26.3. The Labute approximate surface area is 100 Å². The van der Waals surface area contributed by atoms with Gasteiger partial charge in [0.15, 0.2) is 0 Å². The van der Waals surface area contributed by atoms with Gasteiger partial charge in [0.1, 0.15) is 0 Å². The first-order valence-electron chi connectivity index (χ1n) is 5.35. The second-order valence-electron chi connectivity index (χ2n) is 4.02. The van der Waals surface area contributed by atoms with Crippen molar-refractivity contribution < 1.29 is 8.42 Å². The zero-order chi connectivity index (χ0) is 11.8. The molecule has 1 aliphatic rings. The maximum atomic E-state index is 12.4. The molecule has 0 amide bonds. The van der Waals surface area contributed by atoms with Crippen LogP contribution in [0.2, 0.25) is 0 Å². The van der Waals surface area contributed by atoms with Gasteiger partial charge in [0.25, 0.3) is 0 Å². The molecule has 1 unspecified atom stereocenters. The molecule has 1 fully saturated rings.